The molecule has 0 bridgehead atoms. The van der Waals surface area contributed by atoms with Crippen molar-refractivity contribution in [3.63, 3.8) is 0 Å². The molecule has 0 aliphatic carbocycles. The van der Waals surface area contributed by atoms with E-state index in [1.54, 1.807) is 0 Å². The third kappa shape index (κ3) is 1.83. The van der Waals surface area contributed by atoms with E-state index in [0.717, 1.165) is 28.2 Å². The molecule has 1 rings (SSSR count). The number of hydrogen-bond acceptors (Lipinski definition) is 2. The van der Waals surface area contributed by atoms with Crippen LogP contribution in [-0.4, -0.2) is 0 Å². The molecule has 0 heterocycles. The lowest BCUT2D eigenvalue weighted by molar-refractivity contribution is 1.18. The molecule has 1 aromatic carbocycles. The summed E-state index contributed by atoms with van der Waals surface area (Å²) >= 11 is 0. The molecule has 4 N–H and O–H groups in total. The van der Waals surface area contributed by atoms with Crippen molar-refractivity contribution in [2.45, 2.75) is 20.3 Å². The molecule has 0 saturated heterocycles. The number of rotatable bonds is 1. The highest BCUT2D eigenvalue weighted by atomic mass is 14.6. The van der Waals surface area contributed by atoms with Gasteiger partial charge in [-0.25, -0.2) is 0 Å². The number of anilines is 1. The summed E-state index contributed by atoms with van der Waals surface area (Å²) in [6.45, 7) is 4.02. The van der Waals surface area contributed by atoms with Crippen molar-refractivity contribution in [3.8, 4) is 0 Å². The van der Waals surface area contributed by atoms with E-state index in [1.165, 1.54) is 0 Å². The standard InChI is InChI=1S/C11H16N2/c1-3-8-6-5-7-10(13)11(8)9(12)4-2/h3,5-7H,4,12-13H2,1-2H3/b8-3-,11-9-. The first-order valence-electron chi connectivity index (χ1n) is 4.50. The van der Waals surface area contributed by atoms with Gasteiger partial charge in [0.25, 0.3) is 0 Å². The average Bonchev–Trinajstić information content (AvgIpc) is 2.16. The van der Waals surface area contributed by atoms with Gasteiger partial charge in [0.15, 0.2) is 0 Å². The van der Waals surface area contributed by atoms with Gasteiger partial charge < -0.3 is 11.5 Å². The quantitative estimate of drug-likeness (QED) is 0.614. The highest BCUT2D eigenvalue weighted by Gasteiger charge is 1.94. The van der Waals surface area contributed by atoms with E-state index in [-0.39, 0.29) is 0 Å². The number of nitrogens with two attached hydrogens (primary N) is 2. The van der Waals surface area contributed by atoms with Crippen LogP contribution in [-0.2, 0) is 0 Å². The summed E-state index contributed by atoms with van der Waals surface area (Å²) in [5.41, 5.74) is 13.4. The monoisotopic (exact) mass is 176 g/mol. The predicted molar refractivity (Wildman–Crippen MR) is 58.1 cm³/mol. The fourth-order valence-corrected chi connectivity index (χ4v) is 1.38. The Bertz CT molecular complexity index is 405. The smallest absolute Gasteiger partial charge is 0.0411 e. The Balaban J connectivity index is 3.70. The van der Waals surface area contributed by atoms with Gasteiger partial charge in [-0.05, 0) is 24.6 Å². The van der Waals surface area contributed by atoms with Crippen LogP contribution < -0.4 is 21.9 Å². The van der Waals surface area contributed by atoms with E-state index in [2.05, 4.69) is 0 Å². The van der Waals surface area contributed by atoms with Gasteiger partial charge in [0.1, 0.15) is 0 Å². The van der Waals surface area contributed by atoms with Crippen LogP contribution in [0.25, 0.3) is 11.8 Å². The molecule has 70 valence electrons. The first-order chi connectivity index (χ1) is 6.20. The molecule has 0 aliphatic heterocycles. The lowest BCUT2D eigenvalue weighted by atomic mass is 10.1. The van der Waals surface area contributed by atoms with Crippen molar-refractivity contribution >= 4 is 17.5 Å². The first-order valence-corrected chi connectivity index (χ1v) is 4.50. The van der Waals surface area contributed by atoms with Crippen LogP contribution in [0.1, 0.15) is 20.3 Å². The third-order valence-corrected chi connectivity index (χ3v) is 2.14. The normalized spacial score (nSPS) is 14.5. The molecule has 0 aliphatic rings. The molecule has 2 heteroatoms. The fourth-order valence-electron chi connectivity index (χ4n) is 1.38. The van der Waals surface area contributed by atoms with Gasteiger partial charge in [-0.2, -0.15) is 0 Å². The summed E-state index contributed by atoms with van der Waals surface area (Å²) in [7, 11) is 0. The van der Waals surface area contributed by atoms with Gasteiger partial charge >= 0.3 is 0 Å². The highest BCUT2D eigenvalue weighted by Crippen LogP contribution is 1.93. The molecule has 0 radical (unpaired) electrons. The van der Waals surface area contributed by atoms with Gasteiger partial charge in [0.2, 0.25) is 0 Å². The summed E-state index contributed by atoms with van der Waals surface area (Å²) in [6.07, 6.45) is 2.85. The molecule has 1 aromatic rings. The first kappa shape index (κ1) is 9.65. The van der Waals surface area contributed by atoms with Crippen LogP contribution in [0.2, 0.25) is 0 Å². The van der Waals surface area contributed by atoms with Gasteiger partial charge in [-0.1, -0.05) is 25.1 Å². The molecule has 13 heavy (non-hydrogen) atoms. The second-order valence-electron chi connectivity index (χ2n) is 2.98. The zero-order valence-electron chi connectivity index (χ0n) is 8.17. The maximum atomic E-state index is 5.89. The maximum Gasteiger partial charge on any atom is 0.0411 e. The molecular weight excluding hydrogens is 160 g/mol. The van der Waals surface area contributed by atoms with Crippen LogP contribution in [0.15, 0.2) is 18.2 Å². The van der Waals surface area contributed by atoms with E-state index >= 15 is 0 Å². The van der Waals surface area contributed by atoms with E-state index in [0.29, 0.717) is 0 Å². The Kier molecular flexibility index (Phi) is 2.96. The van der Waals surface area contributed by atoms with Crippen molar-refractivity contribution in [1.82, 2.24) is 0 Å². The van der Waals surface area contributed by atoms with Gasteiger partial charge in [0, 0.05) is 16.6 Å². The van der Waals surface area contributed by atoms with Crippen molar-refractivity contribution in [1.29, 1.82) is 0 Å². The van der Waals surface area contributed by atoms with Crippen LogP contribution in [0.4, 0.5) is 5.69 Å². The van der Waals surface area contributed by atoms with Gasteiger partial charge in [-0.15, -0.1) is 0 Å². The second-order valence-corrected chi connectivity index (χ2v) is 2.98. The summed E-state index contributed by atoms with van der Waals surface area (Å²) in [5, 5.41) is 2.10. The highest BCUT2D eigenvalue weighted by molar-refractivity contribution is 5.53. The molecule has 0 unspecified atom stereocenters. The lowest BCUT2D eigenvalue weighted by Crippen LogP contribution is -2.31. The Hall–Kier alpha value is -1.44. The molecule has 0 fully saturated rings. The molecule has 0 saturated carbocycles. The van der Waals surface area contributed by atoms with E-state index in [4.69, 9.17) is 11.5 Å². The molecule has 2 nitrogen and oxygen atoms in total. The summed E-state index contributed by atoms with van der Waals surface area (Å²) in [6, 6.07) is 5.84. The summed E-state index contributed by atoms with van der Waals surface area (Å²) in [4.78, 5) is 0. The van der Waals surface area contributed by atoms with Crippen LogP contribution >= 0.6 is 0 Å². The topological polar surface area (TPSA) is 52.0 Å². The predicted octanol–water partition coefficient (Wildman–Crippen LogP) is 0.546. The SMILES string of the molecule is C/C=c1/cccc(N)/c1=C(\N)CC. The van der Waals surface area contributed by atoms with Gasteiger partial charge in [-0.3, -0.25) is 0 Å². The minimum absolute atomic E-state index is 0.759. The Morgan fingerprint density at radius 2 is 2.15 bits per heavy atom. The van der Waals surface area contributed by atoms with Crippen molar-refractivity contribution in [3.05, 3.63) is 28.6 Å². The van der Waals surface area contributed by atoms with Crippen molar-refractivity contribution in [2.24, 2.45) is 5.73 Å². The molecule has 0 spiro atoms. The largest absolute Gasteiger partial charge is 0.401 e. The number of nitrogen functional groups attached to an aromatic ring is 1. The Labute approximate surface area is 78.6 Å². The average molecular weight is 176 g/mol. The fraction of sp³-hybridized carbons (Fsp3) is 0.273. The number of benzene rings is 1. The maximum absolute atomic E-state index is 5.89. The van der Waals surface area contributed by atoms with E-state index < -0.39 is 0 Å². The molecule has 0 aromatic heterocycles. The number of hydrogen-bond donors (Lipinski definition) is 2. The van der Waals surface area contributed by atoms with E-state index in [9.17, 15) is 0 Å². The third-order valence-electron chi connectivity index (χ3n) is 2.14. The van der Waals surface area contributed by atoms with Crippen LogP contribution in [0, 0.1) is 0 Å². The van der Waals surface area contributed by atoms with Gasteiger partial charge in [0.05, 0.1) is 0 Å². The second kappa shape index (κ2) is 3.99. The minimum atomic E-state index is 0.759. The zero-order valence-corrected chi connectivity index (χ0v) is 8.17. The molecular formula is C11H16N2. The Morgan fingerprint density at radius 3 is 2.69 bits per heavy atom. The zero-order chi connectivity index (χ0) is 9.84. The van der Waals surface area contributed by atoms with Crippen LogP contribution in [0.5, 0.6) is 0 Å². The lowest BCUT2D eigenvalue weighted by Gasteiger charge is -2.00. The summed E-state index contributed by atoms with van der Waals surface area (Å²) < 4.78 is 0. The van der Waals surface area contributed by atoms with E-state index in [1.807, 2.05) is 38.1 Å². The summed E-state index contributed by atoms with van der Waals surface area (Å²) in [5.74, 6) is 0. The molecule has 0 amide bonds. The van der Waals surface area contributed by atoms with Crippen molar-refractivity contribution in [2.75, 3.05) is 5.73 Å². The molecule has 0 atom stereocenters. The Morgan fingerprint density at radius 1 is 1.46 bits per heavy atom. The van der Waals surface area contributed by atoms with Crippen LogP contribution in [0.3, 0.4) is 0 Å². The minimum Gasteiger partial charge on any atom is -0.401 e. The van der Waals surface area contributed by atoms with Crippen molar-refractivity contribution < 1.29 is 0 Å².